The van der Waals surface area contributed by atoms with Crippen molar-refractivity contribution < 1.29 is 27.4 Å². The number of nitrogens with one attached hydrogen (secondary N) is 1. The maximum absolute atomic E-state index is 12.3. The summed E-state index contributed by atoms with van der Waals surface area (Å²) in [7, 11) is 0. The molecule has 7 nitrogen and oxygen atoms in total. The number of morpholine rings is 1. The molecule has 138 valence electrons. The lowest BCUT2D eigenvalue weighted by Gasteiger charge is -2.26. The van der Waals surface area contributed by atoms with E-state index in [-0.39, 0.29) is 5.56 Å². The maximum atomic E-state index is 12.3. The number of carbonyl (C=O) groups excluding carboxylic acids is 1. The minimum Gasteiger partial charge on any atom is -0.406 e. The first kappa shape index (κ1) is 17.9. The summed E-state index contributed by atoms with van der Waals surface area (Å²) in [5.41, 5.74) is 0.346. The van der Waals surface area contributed by atoms with Gasteiger partial charge in [-0.25, -0.2) is 9.97 Å². The fourth-order valence-corrected chi connectivity index (χ4v) is 2.35. The Labute approximate surface area is 146 Å². The van der Waals surface area contributed by atoms with Gasteiger partial charge in [-0.3, -0.25) is 4.79 Å². The number of hydrogen-bond donors (Lipinski definition) is 1. The topological polar surface area (TPSA) is 76.6 Å². The van der Waals surface area contributed by atoms with E-state index >= 15 is 0 Å². The molecule has 0 unspecified atom stereocenters. The molecule has 1 aromatic heterocycles. The average Bonchev–Trinajstić information content (AvgIpc) is 2.62. The van der Waals surface area contributed by atoms with E-state index < -0.39 is 18.0 Å². The van der Waals surface area contributed by atoms with Crippen LogP contribution in [0.1, 0.15) is 10.4 Å². The van der Waals surface area contributed by atoms with Gasteiger partial charge in [0, 0.05) is 18.7 Å². The monoisotopic (exact) mass is 368 g/mol. The predicted molar refractivity (Wildman–Crippen MR) is 86.1 cm³/mol. The molecule has 1 amide bonds. The van der Waals surface area contributed by atoms with Gasteiger partial charge in [-0.1, -0.05) is 6.07 Å². The first-order chi connectivity index (χ1) is 12.4. The number of amides is 1. The van der Waals surface area contributed by atoms with Gasteiger partial charge in [-0.05, 0) is 18.2 Å². The number of rotatable bonds is 4. The highest BCUT2D eigenvalue weighted by atomic mass is 19.4. The molecule has 10 heteroatoms. The smallest absolute Gasteiger partial charge is 0.406 e. The molecule has 0 radical (unpaired) electrons. The molecule has 0 atom stereocenters. The zero-order valence-corrected chi connectivity index (χ0v) is 13.5. The van der Waals surface area contributed by atoms with Crippen molar-refractivity contribution in [2.75, 3.05) is 36.5 Å². The highest BCUT2D eigenvalue weighted by Gasteiger charge is 2.31. The van der Waals surface area contributed by atoms with Crippen molar-refractivity contribution >= 4 is 17.5 Å². The number of carbonyl (C=O) groups is 1. The van der Waals surface area contributed by atoms with Gasteiger partial charge < -0.3 is 19.7 Å². The summed E-state index contributed by atoms with van der Waals surface area (Å²) in [6.45, 7) is 2.55. The molecule has 1 N–H and O–H groups in total. The van der Waals surface area contributed by atoms with Crippen LogP contribution in [0.5, 0.6) is 5.75 Å². The van der Waals surface area contributed by atoms with E-state index in [1.165, 1.54) is 24.5 Å². The van der Waals surface area contributed by atoms with Gasteiger partial charge in [0.1, 0.15) is 5.75 Å². The number of ether oxygens (including phenoxy) is 2. The Morgan fingerprint density at radius 2 is 1.88 bits per heavy atom. The molecule has 0 saturated carbocycles. The Balaban J connectivity index is 1.65. The zero-order chi connectivity index (χ0) is 18.6. The third-order valence-corrected chi connectivity index (χ3v) is 3.52. The average molecular weight is 368 g/mol. The van der Waals surface area contributed by atoms with Gasteiger partial charge in [0.05, 0.1) is 31.3 Å². The van der Waals surface area contributed by atoms with Crippen LogP contribution in [0.3, 0.4) is 0 Å². The molecule has 1 aromatic carbocycles. The molecule has 0 spiro atoms. The Morgan fingerprint density at radius 1 is 1.19 bits per heavy atom. The van der Waals surface area contributed by atoms with E-state index in [0.29, 0.717) is 37.9 Å². The van der Waals surface area contributed by atoms with E-state index in [1.807, 2.05) is 4.90 Å². The summed E-state index contributed by atoms with van der Waals surface area (Å²) in [4.78, 5) is 22.5. The zero-order valence-electron chi connectivity index (χ0n) is 13.5. The number of aromatic nitrogens is 2. The van der Waals surface area contributed by atoms with Crippen LogP contribution in [-0.4, -0.2) is 48.5 Å². The van der Waals surface area contributed by atoms with Crippen molar-refractivity contribution in [2.45, 2.75) is 6.36 Å². The number of halogens is 3. The maximum Gasteiger partial charge on any atom is 0.573 e. The molecule has 26 heavy (non-hydrogen) atoms. The second-order valence-corrected chi connectivity index (χ2v) is 5.40. The van der Waals surface area contributed by atoms with Crippen LogP contribution in [0, 0.1) is 0 Å². The standard InChI is InChI=1S/C16H15F3N4O3/c17-16(18,19)26-13-3-1-2-11(8-13)14(24)22-12-9-20-15(21-10-12)23-4-6-25-7-5-23/h1-3,8-10H,4-7H2,(H,22,24). The molecule has 1 saturated heterocycles. The summed E-state index contributed by atoms with van der Waals surface area (Å²) in [5.74, 6) is -0.545. The second-order valence-electron chi connectivity index (χ2n) is 5.40. The van der Waals surface area contributed by atoms with Gasteiger partial charge in [-0.15, -0.1) is 13.2 Å². The molecule has 2 aromatic rings. The molecule has 1 aliphatic rings. The Morgan fingerprint density at radius 3 is 2.54 bits per heavy atom. The highest BCUT2D eigenvalue weighted by molar-refractivity contribution is 6.04. The third kappa shape index (κ3) is 4.82. The second kappa shape index (κ2) is 7.56. The van der Waals surface area contributed by atoms with Crippen molar-refractivity contribution in [3.8, 4) is 5.75 Å². The normalized spacial score (nSPS) is 14.8. The molecule has 3 rings (SSSR count). The number of hydrogen-bond acceptors (Lipinski definition) is 6. The van der Waals surface area contributed by atoms with E-state index in [1.54, 1.807) is 0 Å². The van der Waals surface area contributed by atoms with Crippen molar-refractivity contribution in [2.24, 2.45) is 0 Å². The summed E-state index contributed by atoms with van der Waals surface area (Å²) in [6.07, 6.45) is -1.95. The van der Waals surface area contributed by atoms with Crippen LogP contribution >= 0.6 is 0 Å². The first-order valence-electron chi connectivity index (χ1n) is 7.73. The fourth-order valence-electron chi connectivity index (χ4n) is 2.35. The largest absolute Gasteiger partial charge is 0.573 e. The van der Waals surface area contributed by atoms with Gasteiger partial charge in [0.15, 0.2) is 0 Å². The van der Waals surface area contributed by atoms with Crippen LogP contribution in [0.2, 0.25) is 0 Å². The van der Waals surface area contributed by atoms with Crippen molar-refractivity contribution in [1.82, 2.24) is 9.97 Å². The lowest BCUT2D eigenvalue weighted by molar-refractivity contribution is -0.274. The molecular weight excluding hydrogens is 353 g/mol. The number of alkyl halides is 3. The minimum atomic E-state index is -4.82. The Bertz CT molecular complexity index is 762. The van der Waals surface area contributed by atoms with E-state index in [4.69, 9.17) is 4.74 Å². The molecule has 0 bridgehead atoms. The van der Waals surface area contributed by atoms with Crippen molar-refractivity contribution in [3.05, 3.63) is 42.2 Å². The summed E-state index contributed by atoms with van der Waals surface area (Å²) in [6, 6.07) is 4.80. The van der Waals surface area contributed by atoms with Crippen LogP contribution in [0.25, 0.3) is 0 Å². The summed E-state index contributed by atoms with van der Waals surface area (Å²) >= 11 is 0. The lowest BCUT2D eigenvalue weighted by Crippen LogP contribution is -2.37. The molecule has 1 fully saturated rings. The van der Waals surface area contributed by atoms with Crippen molar-refractivity contribution in [3.63, 3.8) is 0 Å². The van der Waals surface area contributed by atoms with Crippen molar-refractivity contribution in [1.29, 1.82) is 0 Å². The molecule has 0 aliphatic carbocycles. The first-order valence-corrected chi connectivity index (χ1v) is 7.73. The van der Waals surface area contributed by atoms with Gasteiger partial charge in [0.2, 0.25) is 5.95 Å². The fraction of sp³-hybridized carbons (Fsp3) is 0.312. The van der Waals surface area contributed by atoms with Gasteiger partial charge in [0.25, 0.3) is 5.91 Å². The number of benzene rings is 1. The highest BCUT2D eigenvalue weighted by Crippen LogP contribution is 2.23. The molecule has 2 heterocycles. The third-order valence-electron chi connectivity index (χ3n) is 3.52. The Hall–Kier alpha value is -2.88. The predicted octanol–water partition coefficient (Wildman–Crippen LogP) is 2.46. The molecule has 1 aliphatic heterocycles. The van der Waals surface area contributed by atoms with Gasteiger partial charge >= 0.3 is 6.36 Å². The summed E-state index contributed by atoms with van der Waals surface area (Å²) < 4.78 is 45.8. The van der Waals surface area contributed by atoms with Crippen LogP contribution in [-0.2, 0) is 4.74 Å². The number of anilines is 2. The van der Waals surface area contributed by atoms with Gasteiger partial charge in [-0.2, -0.15) is 0 Å². The lowest BCUT2D eigenvalue weighted by atomic mass is 10.2. The number of nitrogens with zero attached hydrogens (tertiary/aromatic N) is 3. The van der Waals surface area contributed by atoms with Crippen LogP contribution in [0.4, 0.5) is 24.8 Å². The van der Waals surface area contributed by atoms with E-state index in [0.717, 1.165) is 12.1 Å². The molecular formula is C16H15F3N4O3. The van der Waals surface area contributed by atoms with Crippen LogP contribution in [0.15, 0.2) is 36.7 Å². The SMILES string of the molecule is O=C(Nc1cnc(N2CCOCC2)nc1)c1cccc(OC(F)(F)F)c1. The van der Waals surface area contributed by atoms with E-state index in [9.17, 15) is 18.0 Å². The quantitative estimate of drug-likeness (QED) is 0.894. The van der Waals surface area contributed by atoms with E-state index in [2.05, 4.69) is 20.0 Å². The minimum absolute atomic E-state index is 0.0176. The summed E-state index contributed by atoms with van der Waals surface area (Å²) in [5, 5.41) is 2.53. The Kier molecular flexibility index (Phi) is 5.21. The van der Waals surface area contributed by atoms with Crippen LogP contribution < -0.4 is 15.0 Å².